The molecule has 70 valence electrons. The third kappa shape index (κ3) is 1.71. The minimum Gasteiger partial charge on any atom is -0.0925 e. The Morgan fingerprint density at radius 1 is 0.917 bits per heavy atom. The van der Waals surface area contributed by atoms with Gasteiger partial charge in [-0.2, -0.15) is 0 Å². The molecule has 1 heteroatoms. The lowest BCUT2D eigenvalue weighted by molar-refractivity contribution is 0.118. The quantitative estimate of drug-likeness (QED) is 0.598. The lowest BCUT2D eigenvalue weighted by Gasteiger charge is -2.40. The Balaban J connectivity index is 1.99. The van der Waals surface area contributed by atoms with Crippen molar-refractivity contribution in [3.05, 3.63) is 0 Å². The van der Waals surface area contributed by atoms with Crippen LogP contribution in [0.1, 0.15) is 44.9 Å². The van der Waals surface area contributed by atoms with Crippen LogP contribution in [0.4, 0.5) is 0 Å². The first-order valence-corrected chi connectivity index (χ1v) is 6.60. The number of hydrogen-bond acceptors (Lipinski definition) is 0. The van der Waals surface area contributed by atoms with Gasteiger partial charge < -0.3 is 0 Å². The fourth-order valence-corrected chi connectivity index (χ4v) is 4.07. The Hall–Kier alpha value is 0.480. The molecule has 0 spiro atoms. The van der Waals surface area contributed by atoms with E-state index in [0.29, 0.717) is 0 Å². The monoisotopic (exact) mass is 230 g/mol. The first-order chi connectivity index (χ1) is 5.92. The first kappa shape index (κ1) is 9.05. The maximum Gasteiger partial charge on any atom is 0.00624 e. The van der Waals surface area contributed by atoms with E-state index in [1.54, 1.807) is 0 Å². The van der Waals surface area contributed by atoms with Crippen LogP contribution in [0, 0.1) is 17.8 Å². The molecule has 0 nitrogen and oxygen atoms in total. The lowest BCUT2D eigenvalue weighted by Crippen LogP contribution is -2.31. The molecule has 0 aliphatic heterocycles. The maximum absolute atomic E-state index is 3.67. The van der Waals surface area contributed by atoms with Crippen LogP contribution in [-0.4, -0.2) is 5.33 Å². The summed E-state index contributed by atoms with van der Waals surface area (Å²) in [7, 11) is 0. The van der Waals surface area contributed by atoms with Gasteiger partial charge in [-0.1, -0.05) is 48.0 Å². The van der Waals surface area contributed by atoms with Crippen LogP contribution in [0.15, 0.2) is 0 Å². The second-order valence-electron chi connectivity index (χ2n) is 4.55. The van der Waals surface area contributed by atoms with Gasteiger partial charge >= 0.3 is 0 Å². The summed E-state index contributed by atoms with van der Waals surface area (Å²) in [6, 6.07) is 0. The molecule has 2 aliphatic rings. The fourth-order valence-electron chi connectivity index (χ4n) is 3.26. The van der Waals surface area contributed by atoms with Gasteiger partial charge in [0.25, 0.3) is 0 Å². The zero-order valence-corrected chi connectivity index (χ0v) is 9.35. The van der Waals surface area contributed by atoms with Gasteiger partial charge in [-0.05, 0) is 30.6 Å². The smallest absolute Gasteiger partial charge is 0.00624 e. The van der Waals surface area contributed by atoms with Gasteiger partial charge in [-0.15, -0.1) is 0 Å². The second-order valence-corrected chi connectivity index (χ2v) is 5.20. The highest BCUT2D eigenvalue weighted by Crippen LogP contribution is 2.44. The van der Waals surface area contributed by atoms with Crippen LogP contribution in [0.5, 0.6) is 0 Å². The summed E-state index contributed by atoms with van der Waals surface area (Å²) in [5, 5.41) is 1.26. The number of fused-ring (bicyclic) bond motifs is 1. The predicted molar refractivity (Wildman–Crippen MR) is 56.6 cm³/mol. The number of halogens is 1. The Kier molecular flexibility index (Phi) is 3.11. The zero-order chi connectivity index (χ0) is 8.39. The van der Waals surface area contributed by atoms with Crippen molar-refractivity contribution in [2.75, 3.05) is 5.33 Å². The average Bonchev–Trinajstić information content (AvgIpc) is 2.17. The molecule has 3 unspecified atom stereocenters. The largest absolute Gasteiger partial charge is 0.0925 e. The summed E-state index contributed by atoms with van der Waals surface area (Å²) < 4.78 is 0. The molecule has 2 saturated carbocycles. The van der Waals surface area contributed by atoms with Gasteiger partial charge in [-0.3, -0.25) is 0 Å². The standard InChI is InChI=1S/C11H19Br/c12-8-10-6-3-5-9-4-1-2-7-11(9)10/h9-11H,1-8H2. The van der Waals surface area contributed by atoms with Crippen LogP contribution in [0.2, 0.25) is 0 Å². The van der Waals surface area contributed by atoms with Crippen molar-refractivity contribution < 1.29 is 0 Å². The molecular weight excluding hydrogens is 212 g/mol. The van der Waals surface area contributed by atoms with E-state index >= 15 is 0 Å². The van der Waals surface area contributed by atoms with Crippen LogP contribution in [0.3, 0.4) is 0 Å². The summed E-state index contributed by atoms with van der Waals surface area (Å²) in [4.78, 5) is 0. The van der Waals surface area contributed by atoms with E-state index < -0.39 is 0 Å². The van der Waals surface area contributed by atoms with Gasteiger partial charge in [0.1, 0.15) is 0 Å². The van der Waals surface area contributed by atoms with Crippen LogP contribution in [-0.2, 0) is 0 Å². The second kappa shape index (κ2) is 4.13. The molecule has 0 saturated heterocycles. The van der Waals surface area contributed by atoms with Crippen molar-refractivity contribution >= 4 is 15.9 Å². The molecular formula is C11H19Br. The van der Waals surface area contributed by atoms with Crippen LogP contribution in [0.25, 0.3) is 0 Å². The molecule has 2 fully saturated rings. The first-order valence-electron chi connectivity index (χ1n) is 5.48. The third-order valence-corrected chi connectivity index (χ3v) is 4.75. The van der Waals surface area contributed by atoms with Crippen molar-refractivity contribution in [3.8, 4) is 0 Å². The van der Waals surface area contributed by atoms with E-state index in [1.807, 2.05) is 0 Å². The fraction of sp³-hybridized carbons (Fsp3) is 1.00. The van der Waals surface area contributed by atoms with Gasteiger partial charge in [-0.25, -0.2) is 0 Å². The highest BCUT2D eigenvalue weighted by Gasteiger charge is 2.33. The molecule has 2 aliphatic carbocycles. The molecule has 12 heavy (non-hydrogen) atoms. The van der Waals surface area contributed by atoms with Crippen molar-refractivity contribution in [3.63, 3.8) is 0 Å². The summed E-state index contributed by atoms with van der Waals surface area (Å²) in [6.07, 6.45) is 10.6. The minimum atomic E-state index is 1.02. The summed E-state index contributed by atoms with van der Waals surface area (Å²) in [5.74, 6) is 3.21. The minimum absolute atomic E-state index is 1.02. The molecule has 2 rings (SSSR count). The SMILES string of the molecule is BrCC1CCCC2CCCCC12. The molecule has 0 radical (unpaired) electrons. The number of alkyl halides is 1. The van der Waals surface area contributed by atoms with E-state index in [2.05, 4.69) is 15.9 Å². The molecule has 0 aromatic heterocycles. The molecule has 3 atom stereocenters. The van der Waals surface area contributed by atoms with Crippen molar-refractivity contribution in [1.82, 2.24) is 0 Å². The summed E-state index contributed by atoms with van der Waals surface area (Å²) in [6.45, 7) is 0. The highest BCUT2D eigenvalue weighted by molar-refractivity contribution is 9.09. The molecule has 0 heterocycles. The normalized spacial score (nSPS) is 42.2. The number of hydrogen-bond donors (Lipinski definition) is 0. The maximum atomic E-state index is 3.67. The molecule has 0 amide bonds. The molecule has 0 aromatic carbocycles. The van der Waals surface area contributed by atoms with E-state index in [-0.39, 0.29) is 0 Å². The Labute approximate surface area is 84.2 Å². The molecule has 0 aromatic rings. The highest BCUT2D eigenvalue weighted by atomic mass is 79.9. The van der Waals surface area contributed by atoms with Crippen molar-refractivity contribution in [1.29, 1.82) is 0 Å². The van der Waals surface area contributed by atoms with Gasteiger partial charge in [0.15, 0.2) is 0 Å². The topological polar surface area (TPSA) is 0 Å². The Bertz CT molecular complexity index is 135. The predicted octanol–water partition coefficient (Wildman–Crippen LogP) is 3.99. The van der Waals surface area contributed by atoms with Crippen molar-refractivity contribution in [2.45, 2.75) is 44.9 Å². The number of rotatable bonds is 1. The van der Waals surface area contributed by atoms with Gasteiger partial charge in [0.2, 0.25) is 0 Å². The van der Waals surface area contributed by atoms with E-state index in [1.165, 1.54) is 50.3 Å². The molecule has 0 bridgehead atoms. The van der Waals surface area contributed by atoms with Crippen LogP contribution < -0.4 is 0 Å². The van der Waals surface area contributed by atoms with Crippen molar-refractivity contribution in [2.24, 2.45) is 17.8 Å². The Morgan fingerprint density at radius 2 is 1.67 bits per heavy atom. The van der Waals surface area contributed by atoms with Gasteiger partial charge in [0, 0.05) is 5.33 Å². The Morgan fingerprint density at radius 3 is 2.50 bits per heavy atom. The summed E-state index contributed by atoms with van der Waals surface area (Å²) >= 11 is 3.67. The van der Waals surface area contributed by atoms with E-state index in [4.69, 9.17) is 0 Å². The lowest BCUT2D eigenvalue weighted by atomic mass is 9.66. The third-order valence-electron chi connectivity index (χ3n) is 3.92. The average molecular weight is 231 g/mol. The van der Waals surface area contributed by atoms with E-state index in [0.717, 1.165) is 17.8 Å². The van der Waals surface area contributed by atoms with E-state index in [9.17, 15) is 0 Å². The summed E-state index contributed by atoms with van der Waals surface area (Å²) in [5.41, 5.74) is 0. The molecule has 0 N–H and O–H groups in total. The zero-order valence-electron chi connectivity index (χ0n) is 7.77. The van der Waals surface area contributed by atoms with Crippen LogP contribution >= 0.6 is 15.9 Å². The van der Waals surface area contributed by atoms with Gasteiger partial charge in [0.05, 0.1) is 0 Å².